The van der Waals surface area contributed by atoms with Gasteiger partial charge < -0.3 is 0 Å². The molecule has 0 spiro atoms. The highest BCUT2D eigenvalue weighted by Crippen LogP contribution is 2.46. The monoisotopic (exact) mass is 516 g/mol. The lowest BCUT2D eigenvalue weighted by molar-refractivity contribution is 0.588. The smallest absolute Gasteiger partial charge is 0.0587 e. The van der Waals surface area contributed by atoms with Gasteiger partial charge in [0.15, 0.2) is 0 Å². The molecule has 0 amide bonds. The van der Waals surface area contributed by atoms with Gasteiger partial charge in [0.2, 0.25) is 0 Å². The van der Waals surface area contributed by atoms with Gasteiger partial charge in [0.1, 0.15) is 0 Å². The first-order chi connectivity index (χ1) is 18.2. The van der Waals surface area contributed by atoms with E-state index in [1.165, 1.54) is 44.5 Å². The fourth-order valence-electron chi connectivity index (χ4n) is 5.68. The Bertz CT molecular complexity index is 1240. The number of hydrogen-bond acceptors (Lipinski definition) is 0. The van der Waals surface area contributed by atoms with Crippen LogP contribution in [0.3, 0.4) is 0 Å². The van der Waals surface area contributed by atoms with Gasteiger partial charge in [-0.15, -0.1) is 0 Å². The van der Waals surface area contributed by atoms with Crippen molar-refractivity contribution in [2.75, 3.05) is 0 Å². The summed E-state index contributed by atoms with van der Waals surface area (Å²) in [5.74, 6) is 0.992. The Labute approximate surface area is 238 Å². The van der Waals surface area contributed by atoms with E-state index in [0.717, 1.165) is 0 Å². The van der Waals surface area contributed by atoms with Crippen molar-refractivity contribution in [3.05, 3.63) is 142 Å². The SMILES string of the molecule is CC(C)c1ccc(C(c2ccc(C(C)C)cc2)(c2ccc(C(C)(C)C)cc2)c2ccc(C(C)(C)C)cc2)cc1. The van der Waals surface area contributed by atoms with E-state index in [0.29, 0.717) is 11.8 Å². The molecule has 0 saturated heterocycles. The van der Waals surface area contributed by atoms with E-state index in [9.17, 15) is 0 Å². The second-order valence-electron chi connectivity index (χ2n) is 14.0. The minimum atomic E-state index is -0.433. The second-order valence-corrected chi connectivity index (χ2v) is 14.0. The van der Waals surface area contributed by atoms with Crippen LogP contribution in [0.15, 0.2) is 97.1 Å². The van der Waals surface area contributed by atoms with E-state index in [4.69, 9.17) is 0 Å². The van der Waals surface area contributed by atoms with Crippen LogP contribution < -0.4 is 0 Å². The molecule has 0 saturated carbocycles. The summed E-state index contributed by atoms with van der Waals surface area (Å²) in [6, 6.07) is 37.5. The second kappa shape index (κ2) is 10.8. The molecular weight excluding hydrogens is 468 g/mol. The molecule has 0 aliphatic carbocycles. The van der Waals surface area contributed by atoms with E-state index >= 15 is 0 Å². The quantitative estimate of drug-likeness (QED) is 0.224. The molecule has 204 valence electrons. The van der Waals surface area contributed by atoms with Gasteiger partial charge in [-0.3, -0.25) is 0 Å². The maximum atomic E-state index is 2.37. The van der Waals surface area contributed by atoms with Gasteiger partial charge in [0.25, 0.3) is 0 Å². The third kappa shape index (κ3) is 5.76. The Balaban J connectivity index is 2.07. The number of hydrogen-bond donors (Lipinski definition) is 0. The Morgan fingerprint density at radius 2 is 0.538 bits per heavy atom. The van der Waals surface area contributed by atoms with Crippen LogP contribution in [0.4, 0.5) is 0 Å². The molecule has 0 aliphatic heterocycles. The van der Waals surface area contributed by atoms with Gasteiger partial charge in [-0.25, -0.2) is 0 Å². The van der Waals surface area contributed by atoms with Crippen molar-refractivity contribution in [1.29, 1.82) is 0 Å². The Hall–Kier alpha value is -3.12. The predicted molar refractivity (Wildman–Crippen MR) is 170 cm³/mol. The molecule has 0 radical (unpaired) electrons. The molecule has 0 atom stereocenters. The molecule has 4 rings (SSSR count). The molecule has 4 aromatic rings. The van der Waals surface area contributed by atoms with Crippen molar-refractivity contribution in [3.8, 4) is 0 Å². The Kier molecular flexibility index (Phi) is 8.00. The molecule has 0 fully saturated rings. The van der Waals surface area contributed by atoms with Gasteiger partial charge in [0.05, 0.1) is 5.41 Å². The third-order valence-electron chi connectivity index (χ3n) is 8.39. The standard InChI is InChI=1S/C39H48/c1-27(2)29-11-15-33(16-12-29)39(34-17-13-30(14-18-34)28(3)4,35-23-19-31(20-24-35)37(5,6)7)36-25-21-32(22-26-36)38(8,9)10/h11-28H,1-10H3. The number of benzene rings is 4. The van der Waals surface area contributed by atoms with Gasteiger partial charge in [0, 0.05) is 0 Å². The van der Waals surface area contributed by atoms with E-state index in [-0.39, 0.29) is 10.8 Å². The number of rotatable bonds is 6. The summed E-state index contributed by atoms with van der Waals surface area (Å²) in [4.78, 5) is 0. The highest BCUT2D eigenvalue weighted by atomic mass is 14.4. The van der Waals surface area contributed by atoms with Crippen LogP contribution in [0, 0.1) is 0 Å². The summed E-state index contributed by atoms with van der Waals surface area (Å²) in [7, 11) is 0. The van der Waals surface area contributed by atoms with Crippen LogP contribution >= 0.6 is 0 Å². The van der Waals surface area contributed by atoms with E-state index < -0.39 is 5.41 Å². The fourth-order valence-corrected chi connectivity index (χ4v) is 5.68. The predicted octanol–water partition coefficient (Wildman–Crippen LogP) is 10.9. The van der Waals surface area contributed by atoms with Crippen molar-refractivity contribution in [2.24, 2.45) is 0 Å². The average molecular weight is 517 g/mol. The Morgan fingerprint density at radius 1 is 0.333 bits per heavy atom. The van der Waals surface area contributed by atoms with Crippen LogP contribution in [0.5, 0.6) is 0 Å². The largest absolute Gasteiger partial charge is 0.0701 e. The lowest BCUT2D eigenvalue weighted by Gasteiger charge is -2.38. The summed E-state index contributed by atoms with van der Waals surface area (Å²) in [5.41, 5.74) is 10.4. The minimum Gasteiger partial charge on any atom is -0.0587 e. The normalized spacial score (nSPS) is 12.8. The zero-order valence-corrected chi connectivity index (χ0v) is 25.9. The molecule has 0 heteroatoms. The zero-order valence-electron chi connectivity index (χ0n) is 25.9. The molecule has 0 bridgehead atoms. The molecule has 0 aliphatic rings. The maximum Gasteiger partial charge on any atom is 0.0701 e. The highest BCUT2D eigenvalue weighted by molar-refractivity contribution is 5.61. The first-order valence-electron chi connectivity index (χ1n) is 14.7. The topological polar surface area (TPSA) is 0 Å². The average Bonchev–Trinajstić information content (AvgIpc) is 2.89. The van der Waals surface area contributed by atoms with Gasteiger partial charge in [-0.05, 0) is 67.2 Å². The van der Waals surface area contributed by atoms with Gasteiger partial charge >= 0.3 is 0 Å². The molecule has 39 heavy (non-hydrogen) atoms. The van der Waals surface area contributed by atoms with E-state index in [1.807, 2.05) is 0 Å². The van der Waals surface area contributed by atoms with Gasteiger partial charge in [-0.2, -0.15) is 0 Å². The molecule has 0 nitrogen and oxygen atoms in total. The fraction of sp³-hybridized carbons (Fsp3) is 0.385. The summed E-state index contributed by atoms with van der Waals surface area (Å²) >= 11 is 0. The molecule has 0 heterocycles. The molecule has 0 unspecified atom stereocenters. The summed E-state index contributed by atoms with van der Waals surface area (Å²) in [6.45, 7) is 22.8. The van der Waals surface area contributed by atoms with Crippen LogP contribution in [0.1, 0.15) is 126 Å². The van der Waals surface area contributed by atoms with Crippen molar-refractivity contribution in [3.63, 3.8) is 0 Å². The van der Waals surface area contributed by atoms with Crippen LogP contribution in [0.2, 0.25) is 0 Å². The van der Waals surface area contributed by atoms with E-state index in [1.54, 1.807) is 0 Å². The summed E-state index contributed by atoms with van der Waals surface area (Å²) in [5, 5.41) is 0. The third-order valence-corrected chi connectivity index (χ3v) is 8.39. The van der Waals surface area contributed by atoms with Crippen molar-refractivity contribution >= 4 is 0 Å². The van der Waals surface area contributed by atoms with Crippen LogP contribution in [-0.4, -0.2) is 0 Å². The van der Waals surface area contributed by atoms with Crippen molar-refractivity contribution in [2.45, 2.75) is 97.3 Å². The minimum absolute atomic E-state index is 0.105. The van der Waals surface area contributed by atoms with E-state index in [2.05, 4.69) is 166 Å². The first-order valence-corrected chi connectivity index (χ1v) is 14.7. The van der Waals surface area contributed by atoms with Gasteiger partial charge in [-0.1, -0.05) is 166 Å². The van der Waals surface area contributed by atoms with Crippen molar-refractivity contribution < 1.29 is 0 Å². The highest BCUT2D eigenvalue weighted by Gasteiger charge is 2.39. The zero-order chi connectivity index (χ0) is 28.6. The first kappa shape index (κ1) is 28.9. The lowest BCUT2D eigenvalue weighted by atomic mass is 9.64. The maximum absolute atomic E-state index is 2.37. The van der Waals surface area contributed by atoms with Crippen LogP contribution in [-0.2, 0) is 16.2 Å². The molecule has 0 N–H and O–H groups in total. The molecular formula is C39H48. The van der Waals surface area contributed by atoms with Crippen LogP contribution in [0.25, 0.3) is 0 Å². The summed E-state index contributed by atoms with van der Waals surface area (Å²) in [6.07, 6.45) is 0. The molecule has 4 aromatic carbocycles. The van der Waals surface area contributed by atoms with Crippen molar-refractivity contribution in [1.82, 2.24) is 0 Å². The summed E-state index contributed by atoms with van der Waals surface area (Å²) < 4.78 is 0. The lowest BCUT2D eigenvalue weighted by Crippen LogP contribution is -2.31. The molecule has 0 aromatic heterocycles. The Morgan fingerprint density at radius 3 is 0.744 bits per heavy atom.